The molecule has 1 heterocycles. The molecule has 0 atom stereocenters. The largest absolute Gasteiger partial charge is 0.490 e. The quantitative estimate of drug-likeness (QED) is 0.760. The van der Waals surface area contributed by atoms with Crippen LogP contribution < -0.4 is 14.4 Å². The monoisotopic (exact) mass is 264 g/mol. The van der Waals surface area contributed by atoms with Crippen LogP contribution in [0.3, 0.4) is 0 Å². The topological polar surface area (TPSA) is 22.9 Å². The highest BCUT2D eigenvalue weighted by atomic mass is 16.5. The molecule has 0 amide bonds. The highest BCUT2D eigenvalue weighted by molar-refractivity contribution is 5.39. The Morgan fingerprint density at radius 3 is 2.37 bits per heavy atom. The predicted octanol–water partition coefficient (Wildman–Crippen LogP) is 1.92. The second kappa shape index (κ2) is 8.05. The summed E-state index contributed by atoms with van der Waals surface area (Å²) in [6.45, 7) is 7.38. The fourth-order valence-electron chi connectivity index (χ4n) is 2.65. The Labute approximate surface area is 116 Å². The molecular formula is C16H26NO2+. The third-order valence-electron chi connectivity index (χ3n) is 3.64. The van der Waals surface area contributed by atoms with E-state index in [4.69, 9.17) is 9.47 Å². The summed E-state index contributed by atoms with van der Waals surface area (Å²) in [6.07, 6.45) is 5.32. The van der Waals surface area contributed by atoms with Crippen molar-refractivity contribution in [2.45, 2.75) is 32.6 Å². The molecular weight excluding hydrogens is 238 g/mol. The lowest BCUT2D eigenvalue weighted by molar-refractivity contribution is -0.905. The van der Waals surface area contributed by atoms with E-state index in [2.05, 4.69) is 0 Å². The lowest BCUT2D eigenvalue weighted by atomic mass is 10.1. The minimum Gasteiger partial charge on any atom is -0.490 e. The average Bonchev–Trinajstić information content (AvgIpc) is 2.47. The summed E-state index contributed by atoms with van der Waals surface area (Å²) in [7, 11) is 0. The molecule has 3 nitrogen and oxygen atoms in total. The van der Waals surface area contributed by atoms with E-state index in [-0.39, 0.29) is 0 Å². The maximum Gasteiger partial charge on any atom is 0.161 e. The molecule has 1 aromatic carbocycles. The minimum atomic E-state index is 0.679. The molecule has 0 saturated carbocycles. The smallest absolute Gasteiger partial charge is 0.161 e. The third-order valence-corrected chi connectivity index (χ3v) is 3.64. The summed E-state index contributed by atoms with van der Waals surface area (Å²) in [6, 6.07) is 7.93. The van der Waals surface area contributed by atoms with Crippen LogP contribution in [0.5, 0.6) is 11.5 Å². The number of quaternary nitrogens is 1. The summed E-state index contributed by atoms with van der Waals surface area (Å²) in [4.78, 5) is 1.74. The number of nitrogens with one attached hydrogen (secondary N) is 1. The molecule has 0 unspecified atom stereocenters. The summed E-state index contributed by atoms with van der Waals surface area (Å²) >= 11 is 0. The van der Waals surface area contributed by atoms with Crippen molar-refractivity contribution in [2.24, 2.45) is 0 Å². The van der Waals surface area contributed by atoms with E-state index in [1.807, 2.05) is 31.2 Å². The van der Waals surface area contributed by atoms with E-state index in [1.165, 1.54) is 38.9 Å². The molecule has 0 aromatic heterocycles. The zero-order valence-corrected chi connectivity index (χ0v) is 12.0. The van der Waals surface area contributed by atoms with Crippen LogP contribution in [-0.2, 0) is 0 Å². The van der Waals surface area contributed by atoms with E-state index in [1.54, 1.807) is 4.90 Å². The van der Waals surface area contributed by atoms with Crippen LogP contribution in [0.15, 0.2) is 24.3 Å². The van der Waals surface area contributed by atoms with E-state index in [9.17, 15) is 0 Å². The first-order valence-corrected chi connectivity index (χ1v) is 7.58. The van der Waals surface area contributed by atoms with Crippen LogP contribution >= 0.6 is 0 Å². The standard InChI is InChI=1S/C16H25NO2/c1-2-18-15-9-4-5-10-16(15)19-14-8-13-17-11-6-3-7-12-17/h4-5,9-10H,2-3,6-8,11-14H2,1H3/p+1. The maximum atomic E-state index is 5.84. The molecule has 1 aromatic rings. The Bertz CT molecular complexity index is 362. The van der Waals surface area contributed by atoms with E-state index in [0.717, 1.165) is 24.5 Å². The maximum absolute atomic E-state index is 5.84. The lowest BCUT2D eigenvalue weighted by Crippen LogP contribution is -3.12. The van der Waals surface area contributed by atoms with Crippen LogP contribution in [-0.4, -0.2) is 32.8 Å². The average molecular weight is 264 g/mol. The van der Waals surface area contributed by atoms with Crippen LogP contribution in [0.25, 0.3) is 0 Å². The Morgan fingerprint density at radius 2 is 1.68 bits per heavy atom. The van der Waals surface area contributed by atoms with Gasteiger partial charge >= 0.3 is 0 Å². The lowest BCUT2D eigenvalue weighted by Gasteiger charge is -2.23. The second-order valence-corrected chi connectivity index (χ2v) is 5.14. The van der Waals surface area contributed by atoms with Crippen LogP contribution in [0.4, 0.5) is 0 Å². The van der Waals surface area contributed by atoms with Crippen molar-refractivity contribution in [3.63, 3.8) is 0 Å². The van der Waals surface area contributed by atoms with Crippen LogP contribution in [0.2, 0.25) is 0 Å². The van der Waals surface area contributed by atoms with Gasteiger partial charge in [0.05, 0.1) is 32.8 Å². The number of rotatable bonds is 7. The van der Waals surface area contributed by atoms with Crippen molar-refractivity contribution >= 4 is 0 Å². The van der Waals surface area contributed by atoms with Gasteiger partial charge < -0.3 is 14.4 Å². The van der Waals surface area contributed by atoms with Gasteiger partial charge in [0.15, 0.2) is 11.5 Å². The Balaban J connectivity index is 1.70. The number of piperidine rings is 1. The van der Waals surface area contributed by atoms with Crippen molar-refractivity contribution in [1.82, 2.24) is 0 Å². The van der Waals surface area contributed by atoms with Crippen molar-refractivity contribution in [3.8, 4) is 11.5 Å². The van der Waals surface area contributed by atoms with Crippen molar-refractivity contribution in [1.29, 1.82) is 0 Å². The number of ether oxygens (including phenoxy) is 2. The molecule has 0 spiro atoms. The number of para-hydroxylation sites is 2. The van der Waals surface area contributed by atoms with Crippen molar-refractivity contribution in [3.05, 3.63) is 24.3 Å². The molecule has 3 heteroatoms. The first-order chi connectivity index (χ1) is 9.40. The zero-order chi connectivity index (χ0) is 13.3. The molecule has 106 valence electrons. The number of benzene rings is 1. The van der Waals surface area contributed by atoms with Gasteiger partial charge in [0, 0.05) is 6.42 Å². The second-order valence-electron chi connectivity index (χ2n) is 5.14. The van der Waals surface area contributed by atoms with Crippen molar-refractivity contribution < 1.29 is 14.4 Å². The van der Waals surface area contributed by atoms with Gasteiger partial charge in [-0.1, -0.05) is 12.1 Å². The highest BCUT2D eigenvalue weighted by Crippen LogP contribution is 2.26. The third kappa shape index (κ3) is 4.75. The molecule has 1 aliphatic rings. The van der Waals surface area contributed by atoms with Gasteiger partial charge in [-0.05, 0) is 38.3 Å². The number of hydrogen-bond donors (Lipinski definition) is 1. The first kappa shape index (κ1) is 14.2. The first-order valence-electron chi connectivity index (χ1n) is 7.58. The Kier molecular flexibility index (Phi) is 6.02. The summed E-state index contributed by atoms with van der Waals surface area (Å²) < 4.78 is 11.4. The molecule has 0 bridgehead atoms. The van der Waals surface area contributed by atoms with Crippen molar-refractivity contribution in [2.75, 3.05) is 32.8 Å². The fourth-order valence-corrected chi connectivity index (χ4v) is 2.65. The Hall–Kier alpha value is -1.22. The summed E-state index contributed by atoms with van der Waals surface area (Å²) in [5, 5.41) is 0. The normalized spacial score (nSPS) is 16.3. The van der Waals surface area contributed by atoms with Crippen LogP contribution in [0, 0.1) is 0 Å². The summed E-state index contributed by atoms with van der Waals surface area (Å²) in [5.74, 6) is 1.73. The fraction of sp³-hybridized carbons (Fsp3) is 0.625. The number of likely N-dealkylation sites (tertiary alicyclic amines) is 1. The predicted molar refractivity (Wildman–Crippen MR) is 77.1 cm³/mol. The van der Waals surface area contributed by atoms with E-state index in [0.29, 0.717) is 6.61 Å². The van der Waals surface area contributed by atoms with Gasteiger partial charge in [-0.3, -0.25) is 0 Å². The SMILES string of the molecule is CCOc1ccccc1OCCC[NH+]1CCCCC1. The molecule has 1 fully saturated rings. The molecule has 1 aliphatic heterocycles. The molecule has 1 saturated heterocycles. The highest BCUT2D eigenvalue weighted by Gasteiger charge is 2.12. The van der Waals surface area contributed by atoms with Gasteiger partial charge in [-0.25, -0.2) is 0 Å². The number of hydrogen-bond acceptors (Lipinski definition) is 2. The van der Waals surface area contributed by atoms with E-state index >= 15 is 0 Å². The zero-order valence-electron chi connectivity index (χ0n) is 12.0. The van der Waals surface area contributed by atoms with Gasteiger partial charge in [0.25, 0.3) is 0 Å². The molecule has 1 N–H and O–H groups in total. The van der Waals surface area contributed by atoms with E-state index < -0.39 is 0 Å². The van der Waals surface area contributed by atoms with Gasteiger partial charge in [-0.15, -0.1) is 0 Å². The molecule has 0 radical (unpaired) electrons. The van der Waals surface area contributed by atoms with Gasteiger partial charge in [0.2, 0.25) is 0 Å². The Morgan fingerprint density at radius 1 is 1.00 bits per heavy atom. The molecule has 19 heavy (non-hydrogen) atoms. The molecule has 0 aliphatic carbocycles. The minimum absolute atomic E-state index is 0.679. The van der Waals surface area contributed by atoms with Gasteiger partial charge in [-0.2, -0.15) is 0 Å². The van der Waals surface area contributed by atoms with Crippen LogP contribution in [0.1, 0.15) is 32.6 Å². The molecule has 2 rings (SSSR count). The van der Waals surface area contributed by atoms with Gasteiger partial charge in [0.1, 0.15) is 0 Å². The summed E-state index contributed by atoms with van der Waals surface area (Å²) in [5.41, 5.74) is 0.